The lowest BCUT2D eigenvalue weighted by Gasteiger charge is -2.43. The van der Waals surface area contributed by atoms with Crippen molar-refractivity contribution in [3.05, 3.63) is 94.5 Å². The molecular formula is C29H30N2O. The quantitative estimate of drug-likeness (QED) is 0.484. The van der Waals surface area contributed by atoms with Crippen molar-refractivity contribution >= 4 is 17.3 Å². The maximum Gasteiger partial charge on any atom is 0.255 e. The van der Waals surface area contributed by atoms with E-state index < -0.39 is 0 Å². The van der Waals surface area contributed by atoms with Gasteiger partial charge in [-0.05, 0) is 97.7 Å². The molecule has 6 rings (SSSR count). The van der Waals surface area contributed by atoms with Crippen LogP contribution in [0.2, 0.25) is 0 Å². The van der Waals surface area contributed by atoms with Crippen LogP contribution in [0.4, 0.5) is 11.4 Å². The molecule has 0 unspecified atom stereocenters. The minimum Gasteiger partial charge on any atom is -0.378 e. The predicted octanol–water partition coefficient (Wildman–Crippen LogP) is 6.85. The van der Waals surface area contributed by atoms with Gasteiger partial charge in [-0.2, -0.15) is 0 Å². The van der Waals surface area contributed by atoms with Crippen LogP contribution in [0.1, 0.15) is 63.8 Å². The number of nitrogens with one attached hydrogen (secondary N) is 2. The molecule has 0 saturated heterocycles. The first-order valence-electron chi connectivity index (χ1n) is 11.9. The molecular weight excluding hydrogens is 392 g/mol. The van der Waals surface area contributed by atoms with E-state index in [1.807, 2.05) is 25.1 Å². The summed E-state index contributed by atoms with van der Waals surface area (Å²) in [4.78, 5) is 13.1. The molecule has 2 N–H and O–H groups in total. The average Bonchev–Trinajstić information content (AvgIpc) is 3.43. The predicted molar refractivity (Wildman–Crippen MR) is 130 cm³/mol. The topological polar surface area (TPSA) is 41.1 Å². The third kappa shape index (κ3) is 3.14. The van der Waals surface area contributed by atoms with Crippen LogP contribution in [0.5, 0.6) is 0 Å². The van der Waals surface area contributed by atoms with Crippen LogP contribution in [0.3, 0.4) is 0 Å². The first-order valence-corrected chi connectivity index (χ1v) is 11.9. The minimum atomic E-state index is -0.0235. The molecule has 3 aliphatic rings. The summed E-state index contributed by atoms with van der Waals surface area (Å²) in [7, 11) is 0. The fourth-order valence-corrected chi connectivity index (χ4v) is 6.77. The molecule has 3 aromatic carbocycles. The number of hydrogen-bond donors (Lipinski definition) is 2. The van der Waals surface area contributed by atoms with Gasteiger partial charge in [0.15, 0.2) is 0 Å². The fraction of sp³-hybridized carbons (Fsp3) is 0.345. The number of aryl methyl sites for hydroxylation is 2. The highest BCUT2D eigenvalue weighted by Crippen LogP contribution is 2.63. The molecule has 3 aromatic rings. The highest BCUT2D eigenvalue weighted by molar-refractivity contribution is 6.05. The van der Waals surface area contributed by atoms with Crippen molar-refractivity contribution in [2.75, 3.05) is 10.6 Å². The molecule has 3 heteroatoms. The van der Waals surface area contributed by atoms with Crippen molar-refractivity contribution in [3.8, 4) is 0 Å². The van der Waals surface area contributed by atoms with Crippen molar-refractivity contribution in [1.29, 1.82) is 0 Å². The van der Waals surface area contributed by atoms with Crippen molar-refractivity contribution < 1.29 is 4.79 Å². The zero-order valence-corrected chi connectivity index (χ0v) is 18.8. The zero-order valence-electron chi connectivity index (χ0n) is 18.8. The molecule has 0 aromatic heterocycles. The Bertz CT molecular complexity index is 1190. The molecule has 2 fully saturated rings. The number of carbonyl (C=O) groups excluding carboxylic acids is 1. The summed E-state index contributed by atoms with van der Waals surface area (Å²) in [5.74, 6) is 2.66. The van der Waals surface area contributed by atoms with E-state index >= 15 is 0 Å². The summed E-state index contributed by atoms with van der Waals surface area (Å²) in [6.07, 6.45) is 4.00. The van der Waals surface area contributed by atoms with Crippen molar-refractivity contribution in [1.82, 2.24) is 0 Å². The smallest absolute Gasteiger partial charge is 0.255 e. The molecule has 1 amide bonds. The average molecular weight is 423 g/mol. The van der Waals surface area contributed by atoms with Crippen LogP contribution in [0.25, 0.3) is 0 Å². The van der Waals surface area contributed by atoms with Crippen molar-refractivity contribution in [2.24, 2.45) is 17.8 Å². The van der Waals surface area contributed by atoms with Gasteiger partial charge in [-0.25, -0.2) is 0 Å². The summed E-state index contributed by atoms with van der Waals surface area (Å²) < 4.78 is 0. The number of fused-ring (bicyclic) bond motifs is 7. The summed E-state index contributed by atoms with van der Waals surface area (Å²) in [6.45, 7) is 4.12. The van der Waals surface area contributed by atoms with E-state index in [2.05, 4.69) is 66.1 Å². The van der Waals surface area contributed by atoms with Gasteiger partial charge in [0.1, 0.15) is 0 Å². The van der Waals surface area contributed by atoms with Crippen LogP contribution >= 0.6 is 0 Å². The van der Waals surface area contributed by atoms with Crippen LogP contribution in [0.15, 0.2) is 66.7 Å². The third-order valence-electron chi connectivity index (χ3n) is 8.14. The Morgan fingerprint density at radius 2 is 1.75 bits per heavy atom. The third-order valence-corrected chi connectivity index (χ3v) is 8.14. The second-order valence-electron chi connectivity index (χ2n) is 10.0. The molecule has 5 atom stereocenters. The van der Waals surface area contributed by atoms with E-state index in [4.69, 9.17) is 0 Å². The normalized spacial score (nSPS) is 27.4. The van der Waals surface area contributed by atoms with Gasteiger partial charge in [-0.15, -0.1) is 0 Å². The van der Waals surface area contributed by atoms with E-state index in [-0.39, 0.29) is 5.91 Å². The summed E-state index contributed by atoms with van der Waals surface area (Å²) in [6, 6.07) is 23.7. The monoisotopic (exact) mass is 422 g/mol. The first-order chi connectivity index (χ1) is 15.6. The van der Waals surface area contributed by atoms with Crippen molar-refractivity contribution in [3.63, 3.8) is 0 Å². The molecule has 32 heavy (non-hydrogen) atoms. The SMILES string of the molecule is Cc1ccc(NC(=O)c2ccc3c(c2)[C@@H]2[C@H]4CC[C@@H](C4)[C@H]2[C@@H](c2ccccc2)N3)c(C)c1. The molecule has 0 spiro atoms. The number of amides is 1. The molecule has 3 nitrogen and oxygen atoms in total. The summed E-state index contributed by atoms with van der Waals surface area (Å²) in [5, 5.41) is 7.00. The summed E-state index contributed by atoms with van der Waals surface area (Å²) in [5.41, 5.74) is 7.88. The first kappa shape index (κ1) is 19.6. The van der Waals surface area contributed by atoms with Gasteiger partial charge < -0.3 is 10.6 Å². The van der Waals surface area contributed by atoms with Gasteiger partial charge in [0.2, 0.25) is 0 Å². The number of anilines is 2. The van der Waals surface area contributed by atoms with Gasteiger partial charge in [-0.3, -0.25) is 4.79 Å². The Hall–Kier alpha value is -3.07. The number of rotatable bonds is 3. The molecule has 0 radical (unpaired) electrons. The molecule has 2 bridgehead atoms. The Morgan fingerprint density at radius 3 is 2.56 bits per heavy atom. The van der Waals surface area contributed by atoms with Crippen LogP contribution in [-0.2, 0) is 0 Å². The Kier molecular flexibility index (Phi) is 4.60. The maximum atomic E-state index is 13.1. The molecule has 162 valence electrons. The largest absolute Gasteiger partial charge is 0.378 e. The maximum absolute atomic E-state index is 13.1. The number of hydrogen-bond acceptors (Lipinski definition) is 2. The minimum absolute atomic E-state index is 0.0235. The van der Waals surface area contributed by atoms with E-state index in [1.165, 1.54) is 41.6 Å². The van der Waals surface area contributed by atoms with Gasteiger partial charge in [0.25, 0.3) is 5.91 Å². The Balaban J connectivity index is 1.34. The van der Waals surface area contributed by atoms with E-state index in [9.17, 15) is 4.79 Å². The summed E-state index contributed by atoms with van der Waals surface area (Å²) >= 11 is 0. The number of carbonyl (C=O) groups is 1. The van der Waals surface area contributed by atoms with Gasteiger partial charge >= 0.3 is 0 Å². The molecule has 2 saturated carbocycles. The highest BCUT2D eigenvalue weighted by atomic mass is 16.1. The lowest BCUT2D eigenvalue weighted by Crippen LogP contribution is -2.35. The van der Waals surface area contributed by atoms with Gasteiger partial charge in [0, 0.05) is 16.9 Å². The van der Waals surface area contributed by atoms with E-state index in [1.54, 1.807) is 0 Å². The Labute approximate surface area is 190 Å². The highest BCUT2D eigenvalue weighted by Gasteiger charge is 2.53. The second kappa shape index (κ2) is 7.51. The standard InChI is InChI=1S/C29H30N2O/c1-17-8-12-24(18(2)14-17)31-29(32)22-11-13-25-23(16-22)26-20-9-10-21(15-20)27(26)28(30-25)19-6-4-3-5-7-19/h3-8,11-14,16,20-21,26-28,30H,9-10,15H2,1-2H3,(H,31,32)/t20-,21-,26-,27+,28+/m0/s1. The van der Waals surface area contributed by atoms with E-state index in [0.29, 0.717) is 17.9 Å². The van der Waals surface area contributed by atoms with Crippen LogP contribution in [0, 0.1) is 31.6 Å². The van der Waals surface area contributed by atoms with Crippen LogP contribution < -0.4 is 10.6 Å². The lowest BCUT2D eigenvalue weighted by molar-refractivity contribution is 0.102. The lowest BCUT2D eigenvalue weighted by atomic mass is 9.68. The Morgan fingerprint density at radius 1 is 0.938 bits per heavy atom. The fourth-order valence-electron chi connectivity index (χ4n) is 6.77. The molecule has 1 heterocycles. The van der Waals surface area contributed by atoms with Gasteiger partial charge in [-0.1, -0.05) is 48.0 Å². The zero-order chi connectivity index (χ0) is 21.8. The van der Waals surface area contributed by atoms with Crippen LogP contribution in [-0.4, -0.2) is 5.91 Å². The van der Waals surface area contributed by atoms with E-state index in [0.717, 1.165) is 28.7 Å². The number of benzene rings is 3. The van der Waals surface area contributed by atoms with Gasteiger partial charge in [0.05, 0.1) is 6.04 Å². The second-order valence-corrected chi connectivity index (χ2v) is 10.0. The molecule has 2 aliphatic carbocycles. The van der Waals surface area contributed by atoms with Crippen molar-refractivity contribution in [2.45, 2.75) is 45.1 Å². The molecule has 1 aliphatic heterocycles.